The molecule has 0 spiro atoms. The highest BCUT2D eigenvalue weighted by atomic mass is 19.4. The molecule has 3 aromatic rings. The monoisotopic (exact) mass is 571 g/mol. The first-order valence-electron chi connectivity index (χ1n) is 12.5. The van der Waals surface area contributed by atoms with Crippen LogP contribution in [0.25, 0.3) is 0 Å². The minimum atomic E-state index is -5.01. The van der Waals surface area contributed by atoms with Gasteiger partial charge in [0.05, 0.1) is 23.3 Å². The molecule has 1 aromatic heterocycles. The Morgan fingerprint density at radius 2 is 1.65 bits per heavy atom. The summed E-state index contributed by atoms with van der Waals surface area (Å²) in [6.45, 7) is 3.06. The van der Waals surface area contributed by atoms with Crippen molar-refractivity contribution in [3.05, 3.63) is 82.3 Å². The topological polar surface area (TPSA) is 68.5 Å². The lowest BCUT2D eigenvalue weighted by Crippen LogP contribution is -2.43. The zero-order valence-corrected chi connectivity index (χ0v) is 21.3. The van der Waals surface area contributed by atoms with Gasteiger partial charge in [-0.05, 0) is 61.7 Å². The molecule has 2 aromatic carbocycles. The number of aryl methyl sites for hydroxylation is 1. The fraction of sp³-hybridized carbons (Fsp3) is 0.444. The van der Waals surface area contributed by atoms with Gasteiger partial charge in [0, 0.05) is 30.8 Å². The number of benzene rings is 2. The van der Waals surface area contributed by atoms with Crippen LogP contribution >= 0.6 is 0 Å². The van der Waals surface area contributed by atoms with Gasteiger partial charge in [0.25, 0.3) is 0 Å². The van der Waals surface area contributed by atoms with Gasteiger partial charge < -0.3 is 14.2 Å². The number of hydrogen-bond donors (Lipinski definition) is 0. The number of nitrogens with zero attached hydrogens (tertiary/aromatic N) is 3. The van der Waals surface area contributed by atoms with Crippen molar-refractivity contribution in [2.45, 2.75) is 69.1 Å². The van der Waals surface area contributed by atoms with Gasteiger partial charge in [-0.15, -0.1) is 0 Å². The third-order valence-electron chi connectivity index (χ3n) is 7.47. The molecule has 0 aliphatic carbocycles. The lowest BCUT2D eigenvalue weighted by atomic mass is 9.81. The highest BCUT2D eigenvalue weighted by molar-refractivity contribution is 5.79. The molecule has 0 N–H and O–H groups in total. The molecule has 40 heavy (non-hydrogen) atoms. The smallest absolute Gasteiger partial charge is 0.368 e. The zero-order chi connectivity index (χ0) is 29.0. The number of carbonyl (C=O) groups is 1. The third kappa shape index (κ3) is 5.56. The molecule has 0 radical (unpaired) electrons. The van der Waals surface area contributed by atoms with Crippen molar-refractivity contribution in [1.82, 2.24) is 15.0 Å². The van der Waals surface area contributed by atoms with Crippen LogP contribution in [-0.2, 0) is 21.9 Å². The molecule has 214 valence electrons. The Bertz CT molecular complexity index is 1350. The molecule has 3 heterocycles. The Balaban J connectivity index is 1.48. The van der Waals surface area contributed by atoms with Crippen molar-refractivity contribution in [2.75, 3.05) is 6.54 Å². The molecular formula is C27H24F7N3O3. The zero-order valence-electron chi connectivity index (χ0n) is 21.3. The van der Waals surface area contributed by atoms with Crippen molar-refractivity contribution in [2.24, 2.45) is 0 Å². The highest BCUT2D eigenvalue weighted by Gasteiger charge is 2.50. The molecule has 13 heteroatoms. The van der Waals surface area contributed by atoms with E-state index in [4.69, 9.17) is 9.26 Å². The van der Waals surface area contributed by atoms with Crippen LogP contribution in [0.2, 0.25) is 0 Å². The maximum Gasteiger partial charge on any atom is 0.416 e. The van der Waals surface area contributed by atoms with E-state index in [1.165, 1.54) is 31.2 Å². The summed E-state index contributed by atoms with van der Waals surface area (Å²) in [5.41, 5.74) is -2.59. The number of halogens is 7. The molecule has 6 nitrogen and oxygen atoms in total. The number of hydrogen-bond acceptors (Lipinski definition) is 5. The van der Waals surface area contributed by atoms with E-state index >= 15 is 0 Å². The number of carbonyl (C=O) groups excluding carboxylic acids is 1. The van der Waals surface area contributed by atoms with Crippen molar-refractivity contribution in [3.63, 3.8) is 0 Å². The van der Waals surface area contributed by atoms with Crippen molar-refractivity contribution >= 4 is 5.91 Å². The van der Waals surface area contributed by atoms with E-state index in [0.717, 1.165) is 0 Å². The molecule has 1 amide bonds. The molecular weight excluding hydrogens is 547 g/mol. The summed E-state index contributed by atoms with van der Waals surface area (Å²) in [7, 11) is 0. The SMILES string of the molecule is Cc1noc(C2CC(=O)N3C[C@H](O[C@H](C)c4cc(C(F)(F)F)cc(C(F)(F)F)c4)[C@@H](c4ccc(F)cc4)[C@@H]3C2)n1. The summed E-state index contributed by atoms with van der Waals surface area (Å²) in [5.74, 6) is -0.975. The van der Waals surface area contributed by atoms with Crippen molar-refractivity contribution < 1.29 is 44.8 Å². The number of ether oxygens (including phenoxy) is 1. The molecule has 2 saturated heterocycles. The minimum Gasteiger partial charge on any atom is -0.368 e. The summed E-state index contributed by atoms with van der Waals surface area (Å²) in [6, 6.07) is 6.40. The molecule has 1 unspecified atom stereocenters. The number of fused-ring (bicyclic) bond motifs is 1. The van der Waals surface area contributed by atoms with Gasteiger partial charge in [-0.1, -0.05) is 17.3 Å². The molecule has 2 aliphatic heterocycles. The molecule has 2 fully saturated rings. The average molecular weight is 571 g/mol. The molecule has 2 aliphatic rings. The van der Waals surface area contributed by atoms with Crippen LogP contribution < -0.4 is 0 Å². The van der Waals surface area contributed by atoms with Crippen molar-refractivity contribution in [3.8, 4) is 0 Å². The van der Waals surface area contributed by atoms with E-state index in [9.17, 15) is 35.5 Å². The van der Waals surface area contributed by atoms with E-state index < -0.39 is 59.4 Å². The summed E-state index contributed by atoms with van der Waals surface area (Å²) in [5, 5.41) is 3.79. The van der Waals surface area contributed by atoms with Crippen LogP contribution in [0.15, 0.2) is 47.0 Å². The molecule has 5 atom stereocenters. The first kappa shape index (κ1) is 28.1. The lowest BCUT2D eigenvalue weighted by Gasteiger charge is -2.35. The Kier molecular flexibility index (Phi) is 7.13. The van der Waals surface area contributed by atoms with Crippen LogP contribution in [-0.4, -0.2) is 39.6 Å². The van der Waals surface area contributed by atoms with Crippen LogP contribution in [0.4, 0.5) is 30.7 Å². The van der Waals surface area contributed by atoms with E-state index in [0.29, 0.717) is 35.8 Å². The summed E-state index contributed by atoms with van der Waals surface area (Å²) < 4.78 is 106. The molecule has 0 saturated carbocycles. The fourth-order valence-electron chi connectivity index (χ4n) is 5.62. The molecule has 5 rings (SSSR count). The fourth-order valence-corrected chi connectivity index (χ4v) is 5.62. The van der Waals surface area contributed by atoms with Gasteiger partial charge in [-0.2, -0.15) is 31.3 Å². The first-order valence-corrected chi connectivity index (χ1v) is 12.5. The summed E-state index contributed by atoms with van der Waals surface area (Å²) in [6.07, 6.45) is -11.5. The maximum atomic E-state index is 13.7. The van der Waals surface area contributed by atoms with E-state index in [1.54, 1.807) is 11.8 Å². The van der Waals surface area contributed by atoms with Crippen LogP contribution in [0.5, 0.6) is 0 Å². The summed E-state index contributed by atoms with van der Waals surface area (Å²) in [4.78, 5) is 19.0. The van der Waals surface area contributed by atoms with Crippen LogP contribution in [0.1, 0.15) is 71.7 Å². The van der Waals surface area contributed by atoms with E-state index in [1.807, 2.05) is 0 Å². The predicted octanol–water partition coefficient (Wildman–Crippen LogP) is 6.57. The Hall–Kier alpha value is -3.48. The largest absolute Gasteiger partial charge is 0.416 e. The Morgan fingerprint density at radius 1 is 1.02 bits per heavy atom. The number of aromatic nitrogens is 2. The number of amides is 1. The predicted molar refractivity (Wildman–Crippen MR) is 125 cm³/mol. The summed E-state index contributed by atoms with van der Waals surface area (Å²) >= 11 is 0. The first-order chi connectivity index (χ1) is 18.7. The Labute approximate surface area is 224 Å². The van der Waals surface area contributed by atoms with Crippen LogP contribution in [0, 0.1) is 12.7 Å². The second-order valence-corrected chi connectivity index (χ2v) is 10.2. The standard InChI is InChI=1S/C27H24F7N3O3/c1-13(16-7-18(26(29,30)31)11-19(8-16)27(32,33)34)39-22-12-37-21(24(22)15-3-5-20(28)6-4-15)9-17(10-23(37)38)25-35-14(2)36-40-25/h3-8,11,13,17,21-22,24H,9-10,12H2,1-2H3/t13-,17?,21+,22+,24+/m1/s1. The normalized spacial score (nSPS) is 24.3. The second kappa shape index (κ2) is 10.2. The van der Waals surface area contributed by atoms with Gasteiger partial charge in [0.15, 0.2) is 5.82 Å². The highest BCUT2D eigenvalue weighted by Crippen LogP contribution is 2.46. The van der Waals surface area contributed by atoms with Gasteiger partial charge in [-0.25, -0.2) is 4.39 Å². The number of alkyl halides is 6. The van der Waals surface area contributed by atoms with E-state index in [-0.39, 0.29) is 30.5 Å². The van der Waals surface area contributed by atoms with Gasteiger partial charge in [0.1, 0.15) is 5.82 Å². The van der Waals surface area contributed by atoms with Crippen molar-refractivity contribution in [1.29, 1.82) is 0 Å². The Morgan fingerprint density at radius 3 is 2.20 bits per heavy atom. The number of piperidine rings is 1. The second-order valence-electron chi connectivity index (χ2n) is 10.2. The minimum absolute atomic E-state index is 0.0521. The average Bonchev–Trinajstić information content (AvgIpc) is 3.47. The third-order valence-corrected chi connectivity index (χ3v) is 7.47. The van der Waals surface area contributed by atoms with Gasteiger partial charge >= 0.3 is 12.4 Å². The van der Waals surface area contributed by atoms with E-state index in [2.05, 4.69) is 10.1 Å². The number of rotatable bonds is 5. The maximum absolute atomic E-state index is 13.7. The van der Waals surface area contributed by atoms with Gasteiger partial charge in [0.2, 0.25) is 11.8 Å². The van der Waals surface area contributed by atoms with Gasteiger partial charge in [-0.3, -0.25) is 4.79 Å². The quantitative estimate of drug-likeness (QED) is 0.324. The lowest BCUT2D eigenvalue weighted by molar-refractivity contribution is -0.143. The van der Waals surface area contributed by atoms with Crippen LogP contribution in [0.3, 0.4) is 0 Å². The molecule has 0 bridgehead atoms.